The summed E-state index contributed by atoms with van der Waals surface area (Å²) in [5, 5.41) is 6.08. The number of amides is 1. The number of furan rings is 1. The molecule has 0 aliphatic heterocycles. The summed E-state index contributed by atoms with van der Waals surface area (Å²) in [5.74, 6) is 1.50. The van der Waals surface area contributed by atoms with Crippen molar-refractivity contribution in [2.24, 2.45) is 0 Å². The average molecular weight is 272 g/mol. The lowest BCUT2D eigenvalue weighted by Crippen LogP contribution is -2.24. The number of benzene rings is 1. The van der Waals surface area contributed by atoms with Crippen molar-refractivity contribution in [3.8, 4) is 0 Å². The van der Waals surface area contributed by atoms with Crippen LogP contribution < -0.4 is 10.6 Å². The molecule has 0 atom stereocenters. The Morgan fingerprint density at radius 2 is 2.00 bits per heavy atom. The lowest BCUT2D eigenvalue weighted by Gasteiger charge is -2.11. The van der Waals surface area contributed by atoms with Crippen molar-refractivity contribution in [2.45, 2.75) is 27.3 Å². The first-order valence-corrected chi connectivity index (χ1v) is 6.78. The van der Waals surface area contributed by atoms with Crippen LogP contribution in [0.5, 0.6) is 0 Å². The van der Waals surface area contributed by atoms with Gasteiger partial charge in [0.1, 0.15) is 11.5 Å². The largest absolute Gasteiger partial charge is 0.465 e. The van der Waals surface area contributed by atoms with E-state index in [1.165, 1.54) is 0 Å². The molecule has 1 heterocycles. The molecule has 0 aliphatic rings. The van der Waals surface area contributed by atoms with Crippen LogP contribution in [-0.4, -0.2) is 12.5 Å². The van der Waals surface area contributed by atoms with Crippen molar-refractivity contribution in [1.82, 2.24) is 5.32 Å². The predicted molar refractivity (Wildman–Crippen MR) is 80.0 cm³/mol. The predicted octanol–water partition coefficient (Wildman–Crippen LogP) is 3.26. The van der Waals surface area contributed by atoms with Gasteiger partial charge >= 0.3 is 0 Å². The highest BCUT2D eigenvalue weighted by molar-refractivity contribution is 5.99. The Labute approximate surface area is 119 Å². The van der Waals surface area contributed by atoms with Crippen molar-refractivity contribution in [1.29, 1.82) is 0 Å². The molecule has 1 aromatic heterocycles. The Hall–Kier alpha value is -2.23. The van der Waals surface area contributed by atoms with Crippen LogP contribution in [0.3, 0.4) is 0 Å². The number of rotatable bonds is 5. The summed E-state index contributed by atoms with van der Waals surface area (Å²) < 4.78 is 5.44. The number of nitrogens with one attached hydrogen (secondary N) is 2. The minimum absolute atomic E-state index is 0.0984. The van der Waals surface area contributed by atoms with Gasteiger partial charge in [0, 0.05) is 12.2 Å². The second-order valence-corrected chi connectivity index (χ2v) is 4.77. The van der Waals surface area contributed by atoms with Gasteiger partial charge in [-0.05, 0) is 45.0 Å². The van der Waals surface area contributed by atoms with Crippen LogP contribution in [0.15, 0.2) is 34.7 Å². The molecule has 2 N–H and O–H groups in total. The van der Waals surface area contributed by atoms with Gasteiger partial charge in [-0.1, -0.05) is 11.6 Å². The molecule has 0 spiro atoms. The van der Waals surface area contributed by atoms with E-state index in [0.29, 0.717) is 12.1 Å². The first-order valence-electron chi connectivity index (χ1n) is 6.78. The fourth-order valence-corrected chi connectivity index (χ4v) is 2.03. The normalized spacial score (nSPS) is 10.3. The Morgan fingerprint density at radius 1 is 1.20 bits per heavy atom. The number of anilines is 1. The second-order valence-electron chi connectivity index (χ2n) is 4.77. The van der Waals surface area contributed by atoms with Gasteiger partial charge in [-0.15, -0.1) is 0 Å². The molecular weight excluding hydrogens is 252 g/mol. The molecule has 2 rings (SSSR count). The maximum Gasteiger partial charge on any atom is 0.253 e. The summed E-state index contributed by atoms with van der Waals surface area (Å²) in [6, 6.07) is 9.57. The Bertz CT molecular complexity index is 602. The molecule has 20 heavy (non-hydrogen) atoms. The summed E-state index contributed by atoms with van der Waals surface area (Å²) >= 11 is 0. The van der Waals surface area contributed by atoms with E-state index in [2.05, 4.69) is 10.6 Å². The number of aryl methyl sites for hydroxylation is 2. The van der Waals surface area contributed by atoms with Gasteiger partial charge in [0.05, 0.1) is 12.1 Å². The Kier molecular flexibility index (Phi) is 4.45. The lowest BCUT2D eigenvalue weighted by atomic mass is 10.1. The fourth-order valence-electron chi connectivity index (χ4n) is 2.03. The van der Waals surface area contributed by atoms with Gasteiger partial charge in [0.2, 0.25) is 0 Å². The summed E-state index contributed by atoms with van der Waals surface area (Å²) in [4.78, 5) is 12.3. The molecule has 1 amide bonds. The first kappa shape index (κ1) is 14.2. The van der Waals surface area contributed by atoms with Crippen LogP contribution in [0, 0.1) is 13.8 Å². The molecule has 0 unspecified atom stereocenters. The lowest BCUT2D eigenvalue weighted by molar-refractivity contribution is 0.0948. The van der Waals surface area contributed by atoms with Crippen molar-refractivity contribution in [2.75, 3.05) is 11.9 Å². The van der Waals surface area contributed by atoms with E-state index in [0.717, 1.165) is 29.3 Å². The molecular formula is C16H20N2O2. The number of hydrogen-bond donors (Lipinski definition) is 2. The molecule has 0 bridgehead atoms. The van der Waals surface area contributed by atoms with E-state index >= 15 is 0 Å². The Morgan fingerprint density at radius 3 is 2.65 bits per heavy atom. The molecule has 4 heteroatoms. The minimum Gasteiger partial charge on any atom is -0.465 e. The molecule has 0 aliphatic carbocycles. The van der Waals surface area contributed by atoms with Crippen LogP contribution in [0.1, 0.15) is 34.4 Å². The topological polar surface area (TPSA) is 54.3 Å². The molecule has 2 aromatic rings. The number of carbonyl (C=O) groups excluding carboxylic acids is 1. The summed E-state index contributed by atoms with van der Waals surface area (Å²) in [6.07, 6.45) is 0. The third-order valence-corrected chi connectivity index (χ3v) is 3.01. The van der Waals surface area contributed by atoms with Gasteiger partial charge in [-0.2, -0.15) is 0 Å². The standard InChI is InChI=1S/C16H20N2O2/c1-4-17-15-8-5-11(2)9-14(15)16(19)18-10-13-7-6-12(3)20-13/h5-9,17H,4,10H2,1-3H3,(H,18,19). The zero-order valence-electron chi connectivity index (χ0n) is 12.1. The van der Waals surface area contributed by atoms with Crippen LogP contribution in [0.4, 0.5) is 5.69 Å². The molecule has 1 aromatic carbocycles. The monoisotopic (exact) mass is 272 g/mol. The van der Waals surface area contributed by atoms with E-state index in [1.54, 1.807) is 0 Å². The van der Waals surface area contributed by atoms with Gasteiger partial charge in [0.15, 0.2) is 0 Å². The molecule has 0 saturated carbocycles. The quantitative estimate of drug-likeness (QED) is 0.878. The summed E-state index contributed by atoms with van der Waals surface area (Å²) in [7, 11) is 0. The summed E-state index contributed by atoms with van der Waals surface area (Å²) in [6.45, 7) is 7.04. The summed E-state index contributed by atoms with van der Waals surface area (Å²) in [5.41, 5.74) is 2.58. The zero-order valence-corrected chi connectivity index (χ0v) is 12.1. The molecule has 0 fully saturated rings. The number of carbonyl (C=O) groups is 1. The SMILES string of the molecule is CCNc1ccc(C)cc1C(=O)NCc1ccc(C)o1. The highest BCUT2D eigenvalue weighted by Gasteiger charge is 2.11. The van der Waals surface area contributed by atoms with Gasteiger partial charge < -0.3 is 15.1 Å². The van der Waals surface area contributed by atoms with Crippen LogP contribution in [0.2, 0.25) is 0 Å². The molecule has 106 valence electrons. The van der Waals surface area contributed by atoms with E-state index in [1.807, 2.05) is 51.1 Å². The third-order valence-electron chi connectivity index (χ3n) is 3.01. The molecule has 4 nitrogen and oxygen atoms in total. The highest BCUT2D eigenvalue weighted by Crippen LogP contribution is 2.17. The molecule has 0 radical (unpaired) electrons. The zero-order chi connectivity index (χ0) is 14.5. The van der Waals surface area contributed by atoms with Gasteiger partial charge in [0.25, 0.3) is 5.91 Å². The van der Waals surface area contributed by atoms with Crippen LogP contribution in [-0.2, 0) is 6.54 Å². The maximum atomic E-state index is 12.3. The fraction of sp³-hybridized carbons (Fsp3) is 0.312. The van der Waals surface area contributed by atoms with E-state index in [4.69, 9.17) is 4.42 Å². The van der Waals surface area contributed by atoms with Crippen molar-refractivity contribution < 1.29 is 9.21 Å². The average Bonchev–Trinajstić information content (AvgIpc) is 2.84. The number of hydrogen-bond acceptors (Lipinski definition) is 3. The minimum atomic E-state index is -0.0984. The van der Waals surface area contributed by atoms with E-state index in [9.17, 15) is 4.79 Å². The van der Waals surface area contributed by atoms with Crippen LogP contribution in [0.25, 0.3) is 0 Å². The van der Waals surface area contributed by atoms with E-state index < -0.39 is 0 Å². The van der Waals surface area contributed by atoms with Gasteiger partial charge in [-0.3, -0.25) is 4.79 Å². The van der Waals surface area contributed by atoms with E-state index in [-0.39, 0.29) is 5.91 Å². The smallest absolute Gasteiger partial charge is 0.253 e. The third kappa shape index (κ3) is 3.41. The van der Waals surface area contributed by atoms with Crippen molar-refractivity contribution >= 4 is 11.6 Å². The first-order chi connectivity index (χ1) is 9.60. The molecule has 0 saturated heterocycles. The van der Waals surface area contributed by atoms with Gasteiger partial charge in [-0.25, -0.2) is 0 Å². The second kappa shape index (κ2) is 6.28. The van der Waals surface area contributed by atoms with Crippen LogP contribution >= 0.6 is 0 Å². The van der Waals surface area contributed by atoms with Crippen molar-refractivity contribution in [3.05, 3.63) is 53.0 Å². The Balaban J connectivity index is 2.09. The highest BCUT2D eigenvalue weighted by atomic mass is 16.3. The maximum absolute atomic E-state index is 12.3. The van der Waals surface area contributed by atoms with Crippen molar-refractivity contribution in [3.63, 3.8) is 0 Å².